The van der Waals surface area contributed by atoms with Gasteiger partial charge in [-0.2, -0.15) is 0 Å². The molecule has 2 aromatic rings. The maximum Gasteiger partial charge on any atom is 0.294 e. The van der Waals surface area contributed by atoms with E-state index in [0.717, 1.165) is 16.7 Å². The lowest BCUT2D eigenvalue weighted by Gasteiger charge is -2.13. The molecule has 1 heterocycles. The van der Waals surface area contributed by atoms with Crippen molar-refractivity contribution < 1.29 is 23.9 Å². The van der Waals surface area contributed by atoms with Crippen molar-refractivity contribution in [3.63, 3.8) is 0 Å². The van der Waals surface area contributed by atoms with Crippen LogP contribution in [0.15, 0.2) is 44.2 Å². The Labute approximate surface area is 216 Å². The molecule has 3 rings (SSSR count). The van der Waals surface area contributed by atoms with Gasteiger partial charge in [0.05, 0.1) is 21.5 Å². The fraction of sp³-hybridized carbons (Fsp3) is 0.136. The molecule has 1 aliphatic heterocycles. The zero-order chi connectivity index (χ0) is 24.1. The molecule has 1 aliphatic rings. The summed E-state index contributed by atoms with van der Waals surface area (Å²) in [6, 6.07) is 8.22. The number of nitrogens with one attached hydrogen (secondary N) is 1. The number of nitrogens with zero attached hydrogens (tertiary/aromatic N) is 1. The van der Waals surface area contributed by atoms with E-state index in [2.05, 4.69) is 43.1 Å². The molecule has 1 fully saturated rings. The fourth-order valence-corrected chi connectivity index (χ4v) is 4.62. The van der Waals surface area contributed by atoms with Crippen molar-refractivity contribution in [2.45, 2.75) is 0 Å². The average Bonchev–Trinajstić information content (AvgIpc) is 3.02. The summed E-state index contributed by atoms with van der Waals surface area (Å²) in [4.78, 5) is 38.6. The molecule has 33 heavy (non-hydrogen) atoms. The number of ether oxygens (including phenoxy) is 2. The van der Waals surface area contributed by atoms with E-state index in [0.29, 0.717) is 36.7 Å². The predicted octanol–water partition coefficient (Wildman–Crippen LogP) is 5.56. The molecular weight excluding hydrogens is 600 g/mol. The summed E-state index contributed by atoms with van der Waals surface area (Å²) < 4.78 is 12.1. The van der Waals surface area contributed by atoms with Gasteiger partial charge >= 0.3 is 0 Å². The highest BCUT2D eigenvalue weighted by Crippen LogP contribution is 2.39. The van der Waals surface area contributed by atoms with Gasteiger partial charge in [-0.15, -0.1) is 6.42 Å². The molecule has 11 heteroatoms. The summed E-state index contributed by atoms with van der Waals surface area (Å²) in [5, 5.41) is 2.49. The van der Waals surface area contributed by atoms with Gasteiger partial charge in [-0.3, -0.25) is 19.3 Å². The first kappa shape index (κ1) is 25.2. The van der Waals surface area contributed by atoms with Crippen LogP contribution in [-0.2, 0) is 9.59 Å². The number of thioether (sulfide) groups is 1. The van der Waals surface area contributed by atoms with Gasteiger partial charge in [0, 0.05) is 10.2 Å². The molecular formula is C22H15Br2ClN2O5S. The maximum atomic E-state index is 12.8. The van der Waals surface area contributed by atoms with Gasteiger partial charge in [0.15, 0.2) is 11.5 Å². The first-order chi connectivity index (χ1) is 15.7. The number of halogens is 3. The highest BCUT2D eigenvalue weighted by molar-refractivity contribution is 9.10. The monoisotopic (exact) mass is 612 g/mol. The Balaban J connectivity index is 1.75. The first-order valence-electron chi connectivity index (χ1n) is 9.17. The highest BCUT2D eigenvalue weighted by Gasteiger charge is 2.36. The summed E-state index contributed by atoms with van der Waals surface area (Å²) in [5.74, 6) is 2.10. The predicted molar refractivity (Wildman–Crippen MR) is 135 cm³/mol. The Morgan fingerprint density at radius 1 is 1.27 bits per heavy atom. The van der Waals surface area contributed by atoms with E-state index in [1.807, 2.05) is 0 Å². The van der Waals surface area contributed by atoms with Crippen molar-refractivity contribution in [3.8, 4) is 23.8 Å². The van der Waals surface area contributed by atoms with E-state index >= 15 is 0 Å². The number of rotatable bonds is 7. The van der Waals surface area contributed by atoms with Crippen molar-refractivity contribution in [1.82, 2.24) is 4.90 Å². The van der Waals surface area contributed by atoms with Crippen LogP contribution in [0.25, 0.3) is 6.08 Å². The summed E-state index contributed by atoms with van der Waals surface area (Å²) in [7, 11) is 1.47. The number of imide groups is 1. The SMILES string of the molecule is C#CCOc1c(Br)cc(/C=C2\SC(=O)N(CC(=O)Nc3ccc(Br)c(Cl)c3)C2=O)cc1OC. The van der Waals surface area contributed by atoms with Gasteiger partial charge in [0.25, 0.3) is 11.1 Å². The molecule has 0 saturated carbocycles. The molecule has 0 unspecified atom stereocenters. The number of carbonyl (C=O) groups is 3. The molecule has 3 amide bonds. The zero-order valence-electron chi connectivity index (χ0n) is 17.0. The zero-order valence-corrected chi connectivity index (χ0v) is 21.7. The Morgan fingerprint density at radius 2 is 2.03 bits per heavy atom. The Morgan fingerprint density at radius 3 is 2.70 bits per heavy atom. The van der Waals surface area contributed by atoms with Crippen LogP contribution in [0.3, 0.4) is 0 Å². The quantitative estimate of drug-likeness (QED) is 0.325. The number of hydrogen-bond donors (Lipinski definition) is 1. The van der Waals surface area contributed by atoms with Gasteiger partial charge in [-0.25, -0.2) is 0 Å². The van der Waals surface area contributed by atoms with E-state index in [4.69, 9.17) is 27.5 Å². The van der Waals surface area contributed by atoms with Crippen LogP contribution < -0.4 is 14.8 Å². The van der Waals surface area contributed by atoms with Gasteiger partial charge in [-0.05, 0) is 85.6 Å². The van der Waals surface area contributed by atoms with Crippen molar-refractivity contribution in [2.75, 3.05) is 25.6 Å². The van der Waals surface area contributed by atoms with Crippen molar-refractivity contribution >= 4 is 84.0 Å². The lowest BCUT2D eigenvalue weighted by Crippen LogP contribution is -2.36. The molecule has 170 valence electrons. The van der Waals surface area contributed by atoms with Crippen molar-refractivity contribution in [3.05, 3.63) is 54.8 Å². The first-order valence-corrected chi connectivity index (χ1v) is 12.0. The molecule has 2 aromatic carbocycles. The minimum absolute atomic E-state index is 0.0573. The van der Waals surface area contributed by atoms with Gasteiger partial charge in [0.2, 0.25) is 5.91 Å². The molecule has 1 saturated heterocycles. The van der Waals surface area contributed by atoms with Crippen LogP contribution >= 0.6 is 55.2 Å². The van der Waals surface area contributed by atoms with E-state index in [1.165, 1.54) is 13.2 Å². The number of anilines is 1. The van der Waals surface area contributed by atoms with E-state index < -0.39 is 23.6 Å². The van der Waals surface area contributed by atoms with Crippen molar-refractivity contribution in [1.29, 1.82) is 0 Å². The normalized spacial score (nSPS) is 14.4. The molecule has 0 spiro atoms. The van der Waals surface area contributed by atoms with Crippen molar-refractivity contribution in [2.24, 2.45) is 0 Å². The molecule has 0 bridgehead atoms. The third kappa shape index (κ3) is 6.12. The minimum atomic E-state index is -0.572. The second-order valence-corrected chi connectivity index (χ2v) is 9.58. The number of terminal acetylenes is 1. The van der Waals surface area contributed by atoms with Crippen LogP contribution in [0, 0.1) is 12.3 Å². The lowest BCUT2D eigenvalue weighted by molar-refractivity contribution is -0.127. The third-order valence-electron chi connectivity index (χ3n) is 4.23. The molecule has 0 atom stereocenters. The van der Waals surface area contributed by atoms with Gasteiger partial charge in [0.1, 0.15) is 13.2 Å². The number of hydrogen-bond acceptors (Lipinski definition) is 6. The van der Waals surface area contributed by atoms with Crippen LogP contribution in [-0.4, -0.2) is 42.2 Å². The Bertz CT molecular complexity index is 1210. The maximum absolute atomic E-state index is 12.8. The number of methoxy groups -OCH3 is 1. The standard InChI is InChI=1S/C22H15Br2ClN2O5S/c1-3-6-32-20-15(24)7-12(8-17(20)31-2)9-18-21(29)27(22(30)33-18)11-19(28)26-13-4-5-14(23)16(25)10-13/h1,4-5,7-10H,6,11H2,2H3,(H,26,28)/b18-9-. The molecule has 0 aliphatic carbocycles. The highest BCUT2D eigenvalue weighted by atomic mass is 79.9. The van der Waals surface area contributed by atoms with Crippen LogP contribution in [0.5, 0.6) is 11.5 Å². The third-order valence-corrected chi connectivity index (χ3v) is 6.96. The summed E-state index contributed by atoms with van der Waals surface area (Å²) in [6.45, 7) is -0.372. The average molecular weight is 615 g/mol. The van der Waals surface area contributed by atoms with Crippen LogP contribution in [0.1, 0.15) is 5.56 Å². The minimum Gasteiger partial charge on any atom is -0.493 e. The Hall–Kier alpha value is -2.45. The largest absolute Gasteiger partial charge is 0.493 e. The smallest absolute Gasteiger partial charge is 0.294 e. The van der Waals surface area contributed by atoms with Gasteiger partial charge in [-0.1, -0.05) is 17.5 Å². The second-order valence-electron chi connectivity index (χ2n) is 6.47. The van der Waals surface area contributed by atoms with Crippen LogP contribution in [0.2, 0.25) is 5.02 Å². The van der Waals surface area contributed by atoms with Crippen LogP contribution in [0.4, 0.5) is 10.5 Å². The topological polar surface area (TPSA) is 84.9 Å². The molecule has 0 aromatic heterocycles. The Kier molecular flexibility index (Phi) is 8.48. The fourth-order valence-electron chi connectivity index (χ4n) is 2.78. The van der Waals surface area contributed by atoms with Gasteiger partial charge < -0.3 is 14.8 Å². The molecule has 1 N–H and O–H groups in total. The number of benzene rings is 2. The molecule has 0 radical (unpaired) electrons. The summed E-state index contributed by atoms with van der Waals surface area (Å²) in [6.07, 6.45) is 6.77. The lowest BCUT2D eigenvalue weighted by atomic mass is 10.2. The van der Waals surface area contributed by atoms with E-state index in [-0.39, 0.29) is 11.5 Å². The number of amides is 3. The number of carbonyl (C=O) groups excluding carboxylic acids is 3. The summed E-state index contributed by atoms with van der Waals surface area (Å²) in [5.41, 5.74) is 1.03. The van der Waals surface area contributed by atoms with E-state index in [9.17, 15) is 14.4 Å². The summed E-state index contributed by atoms with van der Waals surface area (Å²) >= 11 is 13.4. The van der Waals surface area contributed by atoms with E-state index in [1.54, 1.807) is 30.3 Å². The molecule has 7 nitrogen and oxygen atoms in total. The second kappa shape index (κ2) is 11.1.